The van der Waals surface area contributed by atoms with E-state index in [1.807, 2.05) is 20.8 Å². The van der Waals surface area contributed by atoms with E-state index in [9.17, 15) is 9.18 Å². The highest BCUT2D eigenvalue weighted by Gasteiger charge is 2.44. The van der Waals surface area contributed by atoms with Gasteiger partial charge in [-0.25, -0.2) is 9.78 Å². The number of hydrogen-bond acceptors (Lipinski definition) is 4. The zero-order chi connectivity index (χ0) is 20.4. The second-order valence-electron chi connectivity index (χ2n) is 8.16. The van der Waals surface area contributed by atoms with Crippen LogP contribution in [0.4, 0.5) is 9.18 Å². The molecule has 1 fully saturated rings. The number of nitrogens with zero attached hydrogens (tertiary/aromatic N) is 1. The van der Waals surface area contributed by atoms with Crippen LogP contribution >= 0.6 is 11.6 Å². The number of amides is 1. The summed E-state index contributed by atoms with van der Waals surface area (Å²) in [6.45, 7) is 6.34. The first-order chi connectivity index (χ1) is 13.2. The fourth-order valence-electron chi connectivity index (χ4n) is 2.73. The Morgan fingerprint density at radius 1 is 1.32 bits per heavy atom. The molecule has 0 radical (unpaired) electrons. The quantitative estimate of drug-likeness (QED) is 0.667. The van der Waals surface area contributed by atoms with E-state index in [0.717, 1.165) is 12.8 Å². The molecule has 1 amide bonds. The number of rotatable bonds is 6. The maximum atomic E-state index is 14.1. The van der Waals surface area contributed by atoms with Crippen molar-refractivity contribution in [1.82, 2.24) is 10.3 Å². The molecular weight excluding hydrogens is 383 g/mol. The Labute approximate surface area is 169 Å². The summed E-state index contributed by atoms with van der Waals surface area (Å²) in [6.07, 6.45) is 2.81. The van der Waals surface area contributed by atoms with E-state index < -0.39 is 17.6 Å². The van der Waals surface area contributed by atoms with Crippen LogP contribution < -0.4 is 10.1 Å². The van der Waals surface area contributed by atoms with E-state index in [4.69, 9.17) is 21.1 Å². The van der Waals surface area contributed by atoms with Crippen molar-refractivity contribution in [3.8, 4) is 16.9 Å². The van der Waals surface area contributed by atoms with Crippen molar-refractivity contribution in [2.24, 2.45) is 5.41 Å². The fraction of sp³-hybridized carbons (Fsp3) is 0.429. The number of ether oxygens (including phenoxy) is 2. The highest BCUT2D eigenvalue weighted by atomic mass is 35.5. The lowest BCUT2D eigenvalue weighted by Crippen LogP contribution is -2.37. The molecule has 1 aliphatic rings. The van der Waals surface area contributed by atoms with Gasteiger partial charge in [0.25, 0.3) is 0 Å². The third kappa shape index (κ3) is 5.58. The Balaban J connectivity index is 1.60. The van der Waals surface area contributed by atoms with Crippen LogP contribution in [0.15, 0.2) is 36.5 Å². The zero-order valence-corrected chi connectivity index (χ0v) is 17.0. The third-order valence-electron chi connectivity index (χ3n) is 4.46. The molecule has 1 aromatic carbocycles. The van der Waals surface area contributed by atoms with Gasteiger partial charge in [0.15, 0.2) is 0 Å². The van der Waals surface area contributed by atoms with Crippen molar-refractivity contribution in [1.29, 1.82) is 0 Å². The van der Waals surface area contributed by atoms with Gasteiger partial charge in [0, 0.05) is 22.5 Å². The summed E-state index contributed by atoms with van der Waals surface area (Å²) in [5, 5.41) is 3.32. The van der Waals surface area contributed by atoms with Gasteiger partial charge in [-0.15, -0.1) is 0 Å². The summed E-state index contributed by atoms with van der Waals surface area (Å²) in [5.74, 6) is -0.109. The van der Waals surface area contributed by atoms with E-state index in [2.05, 4.69) is 10.3 Å². The summed E-state index contributed by atoms with van der Waals surface area (Å²) in [4.78, 5) is 15.6. The summed E-state index contributed by atoms with van der Waals surface area (Å²) in [6, 6.07) is 8.55. The minimum atomic E-state index is -0.581. The summed E-state index contributed by atoms with van der Waals surface area (Å²) >= 11 is 6.00. The predicted octanol–water partition coefficient (Wildman–Crippen LogP) is 5.22. The van der Waals surface area contributed by atoms with Gasteiger partial charge in [0.05, 0.1) is 12.8 Å². The van der Waals surface area contributed by atoms with Crippen LogP contribution in [0.5, 0.6) is 5.75 Å². The van der Waals surface area contributed by atoms with Crippen LogP contribution in [0.3, 0.4) is 0 Å². The number of aromatic nitrogens is 1. The average Bonchev–Trinajstić information content (AvgIpc) is 3.38. The van der Waals surface area contributed by atoms with Crippen molar-refractivity contribution in [2.75, 3.05) is 13.2 Å². The minimum Gasteiger partial charge on any atom is -0.491 e. The smallest absolute Gasteiger partial charge is 0.407 e. The van der Waals surface area contributed by atoms with Gasteiger partial charge >= 0.3 is 6.09 Å². The van der Waals surface area contributed by atoms with Crippen LogP contribution in [-0.4, -0.2) is 29.8 Å². The van der Waals surface area contributed by atoms with E-state index in [-0.39, 0.29) is 5.41 Å². The molecule has 0 aliphatic heterocycles. The number of halogens is 2. The zero-order valence-electron chi connectivity index (χ0n) is 16.2. The molecule has 1 aromatic heterocycles. The van der Waals surface area contributed by atoms with E-state index in [0.29, 0.717) is 35.1 Å². The van der Waals surface area contributed by atoms with Gasteiger partial charge in [-0.1, -0.05) is 23.7 Å². The number of hydrogen-bond donors (Lipinski definition) is 1. The largest absolute Gasteiger partial charge is 0.491 e. The lowest BCUT2D eigenvalue weighted by Gasteiger charge is -2.22. The Morgan fingerprint density at radius 3 is 2.71 bits per heavy atom. The lowest BCUT2D eigenvalue weighted by atomic mass is 10.1. The highest BCUT2D eigenvalue weighted by molar-refractivity contribution is 6.30. The number of alkyl carbamates (subject to hydrolysis) is 1. The highest BCUT2D eigenvalue weighted by Crippen LogP contribution is 2.45. The topological polar surface area (TPSA) is 60.5 Å². The Bertz CT molecular complexity index is 863. The van der Waals surface area contributed by atoms with Crippen molar-refractivity contribution in [2.45, 2.75) is 39.2 Å². The van der Waals surface area contributed by atoms with Gasteiger partial charge < -0.3 is 14.8 Å². The molecule has 150 valence electrons. The molecule has 0 unspecified atom stereocenters. The van der Waals surface area contributed by atoms with Crippen molar-refractivity contribution >= 4 is 17.7 Å². The van der Waals surface area contributed by atoms with E-state index in [1.54, 1.807) is 30.3 Å². The molecule has 2 aromatic rings. The molecule has 3 rings (SSSR count). The number of carbonyl (C=O) groups is 1. The maximum Gasteiger partial charge on any atom is 0.407 e. The first-order valence-electron chi connectivity index (χ1n) is 9.17. The van der Waals surface area contributed by atoms with Crippen LogP contribution in [0.2, 0.25) is 5.02 Å². The fourth-order valence-corrected chi connectivity index (χ4v) is 2.92. The first kappa shape index (κ1) is 20.4. The monoisotopic (exact) mass is 406 g/mol. The van der Waals surface area contributed by atoms with Crippen LogP contribution in [0.25, 0.3) is 11.1 Å². The first-order valence-corrected chi connectivity index (χ1v) is 9.55. The molecule has 5 nitrogen and oxygen atoms in total. The number of nitrogens with one attached hydrogen (secondary N) is 1. The molecule has 0 saturated heterocycles. The Kier molecular flexibility index (Phi) is 5.79. The summed E-state index contributed by atoms with van der Waals surface area (Å²) in [5.41, 5.74) is 0.308. The van der Waals surface area contributed by atoms with Gasteiger partial charge in [-0.2, -0.15) is 4.39 Å². The second kappa shape index (κ2) is 7.95. The molecular formula is C21H24ClFN2O3. The van der Waals surface area contributed by atoms with Crippen molar-refractivity contribution in [3.05, 3.63) is 47.5 Å². The maximum absolute atomic E-state index is 14.1. The SMILES string of the molecule is CC(C)(C)OC(=O)NCC1(COc2cnc(F)c(-c3cccc(Cl)c3)c2)CC1. The van der Waals surface area contributed by atoms with Gasteiger partial charge in [-0.05, 0) is 57.4 Å². The molecule has 1 N–H and O–H groups in total. The van der Waals surface area contributed by atoms with Crippen LogP contribution in [0.1, 0.15) is 33.6 Å². The lowest BCUT2D eigenvalue weighted by molar-refractivity contribution is 0.0509. The second-order valence-corrected chi connectivity index (χ2v) is 8.60. The molecule has 28 heavy (non-hydrogen) atoms. The Hall–Kier alpha value is -2.34. The number of carbonyl (C=O) groups excluding carboxylic acids is 1. The normalized spacial score (nSPS) is 15.0. The van der Waals surface area contributed by atoms with Crippen molar-refractivity contribution < 1.29 is 18.7 Å². The molecule has 0 spiro atoms. The number of benzene rings is 1. The summed E-state index contributed by atoms with van der Waals surface area (Å²) < 4.78 is 25.3. The molecule has 0 bridgehead atoms. The third-order valence-corrected chi connectivity index (χ3v) is 4.69. The van der Waals surface area contributed by atoms with E-state index in [1.165, 1.54) is 6.20 Å². The van der Waals surface area contributed by atoms with Crippen LogP contribution in [-0.2, 0) is 4.74 Å². The Morgan fingerprint density at radius 2 is 2.07 bits per heavy atom. The average molecular weight is 407 g/mol. The molecule has 7 heteroatoms. The van der Waals surface area contributed by atoms with Gasteiger partial charge in [0.1, 0.15) is 11.4 Å². The molecule has 1 aliphatic carbocycles. The van der Waals surface area contributed by atoms with Gasteiger partial charge in [-0.3, -0.25) is 0 Å². The molecule has 1 saturated carbocycles. The number of pyridine rings is 1. The predicted molar refractivity (Wildman–Crippen MR) is 106 cm³/mol. The van der Waals surface area contributed by atoms with Gasteiger partial charge in [0.2, 0.25) is 5.95 Å². The van der Waals surface area contributed by atoms with Crippen molar-refractivity contribution in [3.63, 3.8) is 0 Å². The standard InChI is InChI=1S/C21H24ClFN2O3/c1-20(2,3)28-19(26)25-12-21(7-8-21)13-27-16-10-17(18(23)24-11-16)14-5-4-6-15(22)9-14/h4-6,9-11H,7-8,12-13H2,1-3H3,(H,25,26). The minimum absolute atomic E-state index is 0.124. The molecule has 1 heterocycles. The summed E-state index contributed by atoms with van der Waals surface area (Å²) in [7, 11) is 0. The molecule has 0 atom stereocenters. The van der Waals surface area contributed by atoms with Crippen LogP contribution in [0, 0.1) is 11.4 Å². The van der Waals surface area contributed by atoms with E-state index >= 15 is 0 Å².